The number of halogens is 1. The van der Waals surface area contributed by atoms with Gasteiger partial charge in [0.25, 0.3) is 0 Å². The number of carbonyl (C=O) groups is 1. The van der Waals surface area contributed by atoms with Gasteiger partial charge >= 0.3 is 0 Å². The van der Waals surface area contributed by atoms with Gasteiger partial charge in [-0.05, 0) is 26.2 Å². The highest BCUT2D eigenvalue weighted by Gasteiger charge is 2.21. The van der Waals surface area contributed by atoms with Gasteiger partial charge in [-0.1, -0.05) is 6.07 Å². The molecule has 110 valence electrons. The maximum absolute atomic E-state index is 14.0. The van der Waals surface area contributed by atoms with E-state index in [1.54, 1.807) is 12.1 Å². The molecule has 0 atom stereocenters. The summed E-state index contributed by atoms with van der Waals surface area (Å²) < 4.78 is 14.0. The Morgan fingerprint density at radius 1 is 1.25 bits per heavy atom. The molecule has 0 aromatic heterocycles. The van der Waals surface area contributed by atoms with Crippen LogP contribution in [0.25, 0.3) is 0 Å². The van der Waals surface area contributed by atoms with Gasteiger partial charge in [-0.25, -0.2) is 4.39 Å². The molecule has 0 radical (unpaired) electrons. The average Bonchev–Trinajstić information content (AvgIpc) is 2.45. The van der Waals surface area contributed by atoms with E-state index in [0.717, 1.165) is 45.6 Å². The Morgan fingerprint density at radius 2 is 1.95 bits per heavy atom. The van der Waals surface area contributed by atoms with Crippen molar-refractivity contribution in [2.45, 2.75) is 0 Å². The molecule has 1 aliphatic heterocycles. The van der Waals surface area contributed by atoms with Gasteiger partial charge in [-0.2, -0.15) is 0 Å². The molecule has 20 heavy (non-hydrogen) atoms. The molecule has 1 aromatic carbocycles. The van der Waals surface area contributed by atoms with Crippen LogP contribution in [0.5, 0.6) is 0 Å². The summed E-state index contributed by atoms with van der Waals surface area (Å²) in [6.07, 6.45) is 0.733. The van der Waals surface area contributed by atoms with Crippen LogP contribution in [0.1, 0.15) is 10.4 Å². The van der Waals surface area contributed by atoms with Crippen LogP contribution < -0.4 is 4.90 Å². The van der Waals surface area contributed by atoms with Crippen molar-refractivity contribution in [1.29, 1.82) is 0 Å². The van der Waals surface area contributed by atoms with Gasteiger partial charge in [-0.3, -0.25) is 9.69 Å². The number of anilines is 1. The number of piperazine rings is 1. The van der Waals surface area contributed by atoms with Crippen molar-refractivity contribution < 1.29 is 9.18 Å². The molecule has 1 fully saturated rings. The normalized spacial score (nSPS) is 16.7. The number of aldehydes is 1. The highest BCUT2D eigenvalue weighted by Crippen LogP contribution is 2.24. The zero-order chi connectivity index (χ0) is 14.5. The Hall–Kier alpha value is -1.46. The number of para-hydroxylation sites is 1. The number of benzene rings is 1. The maximum Gasteiger partial charge on any atom is 0.152 e. The lowest BCUT2D eigenvalue weighted by atomic mass is 10.1. The lowest BCUT2D eigenvalue weighted by molar-refractivity contribution is 0.112. The first-order valence-electron chi connectivity index (χ1n) is 6.97. The third kappa shape index (κ3) is 3.55. The SMILES string of the molecule is CN(C)CCN1CCN(c2c(F)cccc2C=O)CC1. The van der Waals surface area contributed by atoms with E-state index in [0.29, 0.717) is 11.3 Å². The highest BCUT2D eigenvalue weighted by molar-refractivity contribution is 5.84. The fourth-order valence-corrected chi connectivity index (χ4v) is 2.50. The van der Waals surface area contributed by atoms with Crippen molar-refractivity contribution in [2.75, 3.05) is 58.3 Å². The van der Waals surface area contributed by atoms with Crippen LogP contribution in [0, 0.1) is 5.82 Å². The Bertz CT molecular complexity index is 456. The van der Waals surface area contributed by atoms with E-state index in [2.05, 4.69) is 23.9 Å². The summed E-state index contributed by atoms with van der Waals surface area (Å²) >= 11 is 0. The summed E-state index contributed by atoms with van der Waals surface area (Å²) in [5.74, 6) is -0.309. The second-order valence-electron chi connectivity index (χ2n) is 5.43. The van der Waals surface area contributed by atoms with E-state index in [4.69, 9.17) is 0 Å². The van der Waals surface area contributed by atoms with Crippen LogP contribution in [0.2, 0.25) is 0 Å². The largest absolute Gasteiger partial charge is 0.366 e. The summed E-state index contributed by atoms with van der Waals surface area (Å²) in [4.78, 5) is 17.6. The average molecular weight is 279 g/mol. The minimum atomic E-state index is -0.309. The molecule has 4 nitrogen and oxygen atoms in total. The second kappa shape index (κ2) is 6.81. The Balaban J connectivity index is 1.99. The molecular formula is C15H22FN3O. The lowest BCUT2D eigenvalue weighted by Crippen LogP contribution is -2.48. The van der Waals surface area contributed by atoms with Crippen LogP contribution in [0.4, 0.5) is 10.1 Å². The lowest BCUT2D eigenvalue weighted by Gasteiger charge is -2.37. The minimum Gasteiger partial charge on any atom is -0.366 e. The van der Waals surface area contributed by atoms with Crippen molar-refractivity contribution >= 4 is 12.0 Å². The van der Waals surface area contributed by atoms with Gasteiger partial charge in [-0.15, -0.1) is 0 Å². The molecule has 0 spiro atoms. The summed E-state index contributed by atoms with van der Waals surface area (Å²) in [5, 5.41) is 0. The maximum atomic E-state index is 14.0. The molecule has 1 aliphatic rings. The molecular weight excluding hydrogens is 257 g/mol. The van der Waals surface area contributed by atoms with Crippen LogP contribution in [-0.4, -0.2) is 69.4 Å². The van der Waals surface area contributed by atoms with E-state index < -0.39 is 0 Å². The first-order valence-corrected chi connectivity index (χ1v) is 6.97. The molecule has 0 saturated carbocycles. The fraction of sp³-hybridized carbons (Fsp3) is 0.533. The van der Waals surface area contributed by atoms with Gasteiger partial charge in [0, 0.05) is 44.8 Å². The van der Waals surface area contributed by atoms with E-state index in [-0.39, 0.29) is 5.82 Å². The van der Waals surface area contributed by atoms with Crippen molar-refractivity contribution in [3.8, 4) is 0 Å². The molecule has 5 heteroatoms. The molecule has 0 unspecified atom stereocenters. The predicted octanol–water partition coefficient (Wildman–Crippen LogP) is 1.32. The first-order chi connectivity index (χ1) is 9.61. The monoisotopic (exact) mass is 279 g/mol. The zero-order valence-corrected chi connectivity index (χ0v) is 12.2. The van der Waals surface area contributed by atoms with Crippen LogP contribution in [0.15, 0.2) is 18.2 Å². The Labute approximate surface area is 119 Å². The summed E-state index contributed by atoms with van der Waals surface area (Å²) in [6, 6.07) is 4.67. The van der Waals surface area contributed by atoms with E-state index in [1.807, 2.05) is 4.90 Å². The molecule has 2 rings (SSSR count). The highest BCUT2D eigenvalue weighted by atomic mass is 19.1. The Kier molecular flexibility index (Phi) is 5.09. The molecule has 0 N–H and O–H groups in total. The fourth-order valence-electron chi connectivity index (χ4n) is 2.50. The molecule has 1 heterocycles. The molecule has 0 amide bonds. The van der Waals surface area contributed by atoms with Crippen molar-refractivity contribution in [2.24, 2.45) is 0 Å². The molecule has 1 aromatic rings. The summed E-state index contributed by atoms with van der Waals surface area (Å²) in [5.41, 5.74) is 0.890. The molecule has 0 aliphatic carbocycles. The quantitative estimate of drug-likeness (QED) is 0.760. The third-order valence-corrected chi connectivity index (χ3v) is 3.70. The predicted molar refractivity (Wildman–Crippen MR) is 79.0 cm³/mol. The smallest absolute Gasteiger partial charge is 0.152 e. The number of rotatable bonds is 5. The van der Waals surface area contributed by atoms with E-state index >= 15 is 0 Å². The van der Waals surface area contributed by atoms with Crippen LogP contribution in [0.3, 0.4) is 0 Å². The Morgan fingerprint density at radius 3 is 2.55 bits per heavy atom. The van der Waals surface area contributed by atoms with Gasteiger partial charge in [0.15, 0.2) is 6.29 Å². The topological polar surface area (TPSA) is 26.8 Å². The summed E-state index contributed by atoms with van der Waals surface area (Å²) in [6.45, 7) is 5.38. The van der Waals surface area contributed by atoms with E-state index in [1.165, 1.54) is 6.07 Å². The van der Waals surface area contributed by atoms with Crippen molar-refractivity contribution in [3.63, 3.8) is 0 Å². The van der Waals surface area contributed by atoms with Gasteiger partial charge in [0.1, 0.15) is 5.82 Å². The first kappa shape index (κ1) is 14.9. The van der Waals surface area contributed by atoms with Crippen LogP contribution >= 0.6 is 0 Å². The molecule has 1 saturated heterocycles. The number of likely N-dealkylation sites (N-methyl/N-ethyl adjacent to an activating group) is 1. The molecule has 0 bridgehead atoms. The number of nitrogens with zero attached hydrogens (tertiary/aromatic N) is 3. The number of hydrogen-bond donors (Lipinski definition) is 0. The van der Waals surface area contributed by atoms with Gasteiger partial charge < -0.3 is 9.80 Å². The number of hydrogen-bond acceptors (Lipinski definition) is 4. The third-order valence-electron chi connectivity index (χ3n) is 3.70. The zero-order valence-electron chi connectivity index (χ0n) is 12.2. The second-order valence-corrected chi connectivity index (χ2v) is 5.43. The standard InChI is InChI=1S/C15H22FN3O/c1-17(2)6-7-18-8-10-19(11-9-18)15-13(12-20)4-3-5-14(15)16/h3-5,12H,6-11H2,1-2H3. The van der Waals surface area contributed by atoms with Gasteiger partial charge in [0.05, 0.1) is 5.69 Å². The van der Waals surface area contributed by atoms with Gasteiger partial charge in [0.2, 0.25) is 0 Å². The van der Waals surface area contributed by atoms with E-state index in [9.17, 15) is 9.18 Å². The van der Waals surface area contributed by atoms with Crippen molar-refractivity contribution in [3.05, 3.63) is 29.6 Å². The summed E-state index contributed by atoms with van der Waals surface area (Å²) in [7, 11) is 4.12. The number of carbonyl (C=O) groups excluding carboxylic acids is 1. The minimum absolute atomic E-state index is 0.309. The van der Waals surface area contributed by atoms with Crippen LogP contribution in [-0.2, 0) is 0 Å². The van der Waals surface area contributed by atoms with Crippen molar-refractivity contribution in [1.82, 2.24) is 9.80 Å².